The van der Waals surface area contributed by atoms with E-state index >= 15 is 0 Å². The van der Waals surface area contributed by atoms with E-state index in [2.05, 4.69) is 15.8 Å². The van der Waals surface area contributed by atoms with Crippen LogP contribution in [-0.4, -0.2) is 49.5 Å². The molecule has 2 amide bonds. The number of phenols is 1. The van der Waals surface area contributed by atoms with Crippen molar-refractivity contribution < 1.29 is 27.9 Å². The van der Waals surface area contributed by atoms with E-state index in [0.29, 0.717) is 16.8 Å². The second-order valence-electron chi connectivity index (χ2n) is 7.66. The van der Waals surface area contributed by atoms with Crippen LogP contribution in [0.3, 0.4) is 0 Å². The summed E-state index contributed by atoms with van der Waals surface area (Å²) in [6, 6.07) is 19.3. The van der Waals surface area contributed by atoms with Crippen molar-refractivity contribution in [2.45, 2.75) is 18.4 Å². The predicted octanol–water partition coefficient (Wildman–Crippen LogP) is 2.70. The maximum absolute atomic E-state index is 13.4. The lowest BCUT2D eigenvalue weighted by Gasteiger charge is -2.21. The molecule has 3 aromatic carbocycles. The second kappa shape index (κ2) is 12.0. The Morgan fingerprint density at radius 1 is 1.03 bits per heavy atom. The van der Waals surface area contributed by atoms with Crippen LogP contribution in [0.5, 0.6) is 11.5 Å². The van der Waals surface area contributed by atoms with Crippen LogP contribution in [0, 0.1) is 0 Å². The Morgan fingerprint density at radius 3 is 2.36 bits per heavy atom. The number of carbonyl (C=O) groups is 2. The van der Waals surface area contributed by atoms with E-state index in [1.165, 1.54) is 44.5 Å². The summed E-state index contributed by atoms with van der Waals surface area (Å²) < 4.78 is 32.8. The number of hydrazone groups is 1. The average molecular weight is 511 g/mol. The highest BCUT2D eigenvalue weighted by Gasteiger charge is 2.27. The number of nitrogens with zero attached hydrogens (tertiary/aromatic N) is 2. The van der Waals surface area contributed by atoms with Gasteiger partial charge in [-0.3, -0.25) is 9.59 Å². The molecule has 3 aromatic rings. The van der Waals surface area contributed by atoms with Crippen LogP contribution in [0.4, 0.5) is 5.69 Å². The number of phenolic OH excluding ortho intramolecular Hbond substituents is 1. The molecule has 0 atom stereocenters. The van der Waals surface area contributed by atoms with Crippen LogP contribution in [-0.2, 0) is 26.2 Å². The lowest BCUT2D eigenvalue weighted by atomic mass is 10.2. The molecule has 0 saturated carbocycles. The van der Waals surface area contributed by atoms with E-state index in [-0.39, 0.29) is 28.8 Å². The number of anilines is 1. The molecule has 0 radical (unpaired) electrons. The van der Waals surface area contributed by atoms with Gasteiger partial charge in [-0.1, -0.05) is 36.4 Å². The highest BCUT2D eigenvalue weighted by atomic mass is 32.2. The monoisotopic (exact) mass is 510 g/mol. The van der Waals surface area contributed by atoms with Gasteiger partial charge in [0, 0.05) is 24.7 Å². The molecule has 0 aliphatic heterocycles. The number of rotatable bonds is 10. The number of carbonyl (C=O) groups excluding carboxylic acids is 2. The summed E-state index contributed by atoms with van der Waals surface area (Å²) in [5, 5.41) is 16.5. The lowest BCUT2D eigenvalue weighted by Crippen LogP contribution is -2.39. The third-order valence-corrected chi connectivity index (χ3v) is 6.78. The normalized spacial score (nSPS) is 11.4. The van der Waals surface area contributed by atoms with Gasteiger partial charge in [0.05, 0.1) is 24.8 Å². The Hall–Kier alpha value is -4.22. The smallest absolute Gasteiger partial charge is 0.255 e. The fraction of sp³-hybridized carbons (Fsp3) is 0.160. The zero-order valence-electron chi connectivity index (χ0n) is 19.7. The highest BCUT2D eigenvalue weighted by Crippen LogP contribution is 2.28. The molecule has 10 nitrogen and oxygen atoms in total. The summed E-state index contributed by atoms with van der Waals surface area (Å²) in [6.45, 7) is 0.791. The molecule has 0 saturated heterocycles. The molecule has 0 fully saturated rings. The van der Waals surface area contributed by atoms with Crippen molar-refractivity contribution in [1.29, 1.82) is 0 Å². The summed E-state index contributed by atoms with van der Waals surface area (Å²) in [5.41, 5.74) is 3.74. The van der Waals surface area contributed by atoms with Crippen LogP contribution < -0.4 is 15.5 Å². The van der Waals surface area contributed by atoms with Crippen molar-refractivity contribution in [3.8, 4) is 11.5 Å². The molecule has 0 spiro atoms. The zero-order chi connectivity index (χ0) is 26.1. The van der Waals surface area contributed by atoms with Crippen LogP contribution in [0.15, 0.2) is 82.8 Å². The quantitative estimate of drug-likeness (QED) is 0.283. The number of amides is 2. The van der Waals surface area contributed by atoms with Crippen molar-refractivity contribution in [2.75, 3.05) is 19.0 Å². The van der Waals surface area contributed by atoms with Gasteiger partial charge in [-0.05, 0) is 42.0 Å². The number of aromatic hydroxyl groups is 1. The molecule has 3 rings (SSSR count). The molecule has 11 heteroatoms. The second-order valence-corrected chi connectivity index (χ2v) is 9.59. The van der Waals surface area contributed by atoms with Gasteiger partial charge in [0.2, 0.25) is 15.9 Å². The van der Waals surface area contributed by atoms with Crippen LogP contribution in [0.1, 0.15) is 18.1 Å². The minimum absolute atomic E-state index is 0.0369. The Labute approximate surface area is 209 Å². The van der Waals surface area contributed by atoms with Gasteiger partial charge in [0.1, 0.15) is 0 Å². The largest absolute Gasteiger partial charge is 0.504 e. The number of para-hydroxylation sites is 1. The molecule has 0 bridgehead atoms. The average Bonchev–Trinajstić information content (AvgIpc) is 2.85. The lowest BCUT2D eigenvalue weighted by molar-refractivity contribution is -0.121. The maximum atomic E-state index is 13.4. The minimum atomic E-state index is -4.08. The van der Waals surface area contributed by atoms with Crippen molar-refractivity contribution in [3.05, 3.63) is 83.9 Å². The fourth-order valence-electron chi connectivity index (χ4n) is 3.25. The van der Waals surface area contributed by atoms with Crippen molar-refractivity contribution in [3.63, 3.8) is 0 Å². The van der Waals surface area contributed by atoms with Gasteiger partial charge in [0.25, 0.3) is 5.91 Å². The van der Waals surface area contributed by atoms with Crippen molar-refractivity contribution in [1.82, 2.24) is 9.73 Å². The third-order valence-electron chi connectivity index (χ3n) is 4.98. The summed E-state index contributed by atoms with van der Waals surface area (Å²) in [6.07, 6.45) is 1.23. The molecule has 0 aromatic heterocycles. The summed E-state index contributed by atoms with van der Waals surface area (Å²) >= 11 is 0. The SMILES string of the molecule is COc1cccc(/C=N\NC(=O)CN(Cc2ccccc2)S(=O)(=O)c2ccc(NC(C)=O)cc2)c1O. The maximum Gasteiger partial charge on any atom is 0.255 e. The topological polar surface area (TPSA) is 137 Å². The first-order chi connectivity index (χ1) is 17.2. The van der Waals surface area contributed by atoms with Gasteiger partial charge in [0.15, 0.2) is 11.5 Å². The molecular weight excluding hydrogens is 484 g/mol. The van der Waals surface area contributed by atoms with E-state index in [1.807, 2.05) is 0 Å². The van der Waals surface area contributed by atoms with E-state index in [1.54, 1.807) is 48.5 Å². The van der Waals surface area contributed by atoms with Crippen LogP contribution in [0.25, 0.3) is 0 Å². The molecule has 0 unspecified atom stereocenters. The van der Waals surface area contributed by atoms with Gasteiger partial charge in [-0.15, -0.1) is 0 Å². The number of sulfonamides is 1. The fourth-order valence-corrected chi connectivity index (χ4v) is 4.64. The number of methoxy groups -OCH3 is 1. The summed E-state index contributed by atoms with van der Waals surface area (Å²) in [7, 11) is -2.67. The Kier molecular flexibility index (Phi) is 8.76. The molecule has 36 heavy (non-hydrogen) atoms. The Morgan fingerprint density at radius 2 is 1.72 bits per heavy atom. The number of ether oxygens (including phenoxy) is 1. The third kappa shape index (κ3) is 6.90. The van der Waals surface area contributed by atoms with Crippen molar-refractivity contribution >= 4 is 33.7 Å². The van der Waals surface area contributed by atoms with E-state index in [0.717, 1.165) is 4.31 Å². The van der Waals surface area contributed by atoms with Gasteiger partial charge < -0.3 is 15.2 Å². The van der Waals surface area contributed by atoms with Gasteiger partial charge >= 0.3 is 0 Å². The molecule has 3 N–H and O–H groups in total. The number of nitrogens with one attached hydrogen (secondary N) is 2. The minimum Gasteiger partial charge on any atom is -0.504 e. The molecule has 0 aliphatic carbocycles. The zero-order valence-corrected chi connectivity index (χ0v) is 20.5. The number of hydrogen-bond acceptors (Lipinski definition) is 7. The molecule has 0 heterocycles. The molecule has 0 aliphatic rings. The number of benzene rings is 3. The van der Waals surface area contributed by atoms with E-state index < -0.39 is 22.5 Å². The summed E-state index contributed by atoms with van der Waals surface area (Å²) in [5.74, 6) is -0.859. The van der Waals surface area contributed by atoms with Gasteiger partial charge in [-0.25, -0.2) is 13.8 Å². The highest BCUT2D eigenvalue weighted by molar-refractivity contribution is 7.89. The molecular formula is C25H26N4O6S. The molecule has 188 valence electrons. The first-order valence-corrected chi connectivity index (χ1v) is 12.2. The standard InChI is InChI=1S/C25H26N4O6S/c1-18(30)27-21-11-13-22(14-12-21)36(33,34)29(16-19-7-4-3-5-8-19)17-24(31)28-26-15-20-9-6-10-23(35-2)25(20)32/h3-15,32H,16-17H2,1-2H3,(H,27,30)(H,28,31)/b26-15-. The first-order valence-electron chi connectivity index (χ1n) is 10.8. The number of hydrogen-bond donors (Lipinski definition) is 3. The van der Waals surface area contributed by atoms with Gasteiger partial charge in [-0.2, -0.15) is 9.41 Å². The Balaban J connectivity index is 1.79. The summed E-state index contributed by atoms with van der Waals surface area (Å²) in [4.78, 5) is 23.8. The first kappa shape index (κ1) is 26.4. The Bertz CT molecular complexity index is 1340. The van der Waals surface area contributed by atoms with Crippen LogP contribution in [0.2, 0.25) is 0 Å². The van der Waals surface area contributed by atoms with E-state index in [4.69, 9.17) is 4.74 Å². The predicted molar refractivity (Wildman–Crippen MR) is 135 cm³/mol. The van der Waals surface area contributed by atoms with E-state index in [9.17, 15) is 23.1 Å². The van der Waals surface area contributed by atoms with Crippen molar-refractivity contribution in [2.24, 2.45) is 5.10 Å². The van der Waals surface area contributed by atoms with Crippen LogP contribution >= 0.6 is 0 Å².